The molecule has 0 bridgehead atoms. The monoisotopic (exact) mass is 335 g/mol. The zero-order chi connectivity index (χ0) is 17.1. The van der Waals surface area contributed by atoms with Crippen molar-refractivity contribution in [2.75, 3.05) is 18.0 Å². The summed E-state index contributed by atoms with van der Waals surface area (Å²) in [5, 5.41) is 0. The van der Waals surface area contributed by atoms with Crippen molar-refractivity contribution in [1.29, 1.82) is 0 Å². The van der Waals surface area contributed by atoms with E-state index in [1.165, 1.54) is 10.9 Å². The van der Waals surface area contributed by atoms with Crippen LogP contribution in [0.1, 0.15) is 30.7 Å². The normalized spacial score (nSPS) is 15.9. The molecule has 24 heavy (non-hydrogen) atoms. The molecule has 128 valence electrons. The van der Waals surface area contributed by atoms with Gasteiger partial charge in [-0.3, -0.25) is 9.36 Å². The minimum Gasteiger partial charge on any atom is -0.341 e. The van der Waals surface area contributed by atoms with Gasteiger partial charge in [-0.1, -0.05) is 0 Å². The standard InChI is InChI=1S/C16H19F2N5O/c1-11-2-5-19-16(21-11)22-6-3-12(4-7-22)9-23-10-20-13(15(17)18)8-14(23)24/h2,5,8,10,12,15H,3-4,6-7,9H2,1H3. The number of hydrogen-bond acceptors (Lipinski definition) is 5. The Morgan fingerprint density at radius 1 is 1.29 bits per heavy atom. The molecule has 6 nitrogen and oxygen atoms in total. The van der Waals surface area contributed by atoms with Crippen molar-refractivity contribution in [1.82, 2.24) is 19.5 Å². The van der Waals surface area contributed by atoms with E-state index in [0.717, 1.165) is 43.6 Å². The van der Waals surface area contributed by atoms with Crippen molar-refractivity contribution < 1.29 is 8.78 Å². The molecule has 0 aliphatic carbocycles. The molecule has 0 radical (unpaired) electrons. The van der Waals surface area contributed by atoms with Gasteiger partial charge in [0.25, 0.3) is 12.0 Å². The van der Waals surface area contributed by atoms with Crippen LogP contribution in [0.4, 0.5) is 14.7 Å². The topological polar surface area (TPSA) is 63.9 Å². The predicted octanol–water partition coefficient (Wildman–Crippen LogP) is 2.20. The number of aromatic nitrogens is 4. The number of hydrogen-bond donors (Lipinski definition) is 0. The van der Waals surface area contributed by atoms with Crippen LogP contribution in [-0.2, 0) is 6.54 Å². The minimum atomic E-state index is -2.72. The van der Waals surface area contributed by atoms with E-state index in [1.807, 2.05) is 13.0 Å². The zero-order valence-corrected chi connectivity index (χ0v) is 13.4. The van der Waals surface area contributed by atoms with Gasteiger partial charge in [-0.2, -0.15) is 0 Å². The quantitative estimate of drug-likeness (QED) is 0.857. The number of anilines is 1. The number of rotatable bonds is 4. The van der Waals surface area contributed by atoms with Crippen LogP contribution >= 0.6 is 0 Å². The highest BCUT2D eigenvalue weighted by Crippen LogP contribution is 2.22. The molecule has 0 spiro atoms. The number of piperidine rings is 1. The Hall–Kier alpha value is -2.38. The lowest BCUT2D eigenvalue weighted by Gasteiger charge is -2.32. The Balaban J connectivity index is 1.60. The van der Waals surface area contributed by atoms with Crippen LogP contribution in [0.3, 0.4) is 0 Å². The summed E-state index contributed by atoms with van der Waals surface area (Å²) in [6, 6.07) is 2.78. The average molecular weight is 335 g/mol. The largest absolute Gasteiger partial charge is 0.341 e. The summed E-state index contributed by atoms with van der Waals surface area (Å²) < 4.78 is 26.5. The molecule has 0 saturated carbocycles. The van der Waals surface area contributed by atoms with Crippen molar-refractivity contribution in [3.63, 3.8) is 0 Å². The Bertz CT molecular complexity index is 756. The molecule has 2 aromatic rings. The van der Waals surface area contributed by atoms with Gasteiger partial charge < -0.3 is 4.90 Å². The third kappa shape index (κ3) is 3.74. The van der Waals surface area contributed by atoms with Gasteiger partial charge in [0.15, 0.2) is 0 Å². The van der Waals surface area contributed by atoms with Crippen molar-refractivity contribution in [2.45, 2.75) is 32.7 Å². The molecule has 3 rings (SSSR count). The highest BCUT2D eigenvalue weighted by atomic mass is 19.3. The molecule has 0 aromatic carbocycles. The fraction of sp³-hybridized carbons (Fsp3) is 0.500. The van der Waals surface area contributed by atoms with Gasteiger partial charge in [0.05, 0.1) is 6.33 Å². The first-order valence-electron chi connectivity index (χ1n) is 7.92. The first kappa shape index (κ1) is 16.5. The van der Waals surface area contributed by atoms with Gasteiger partial charge in [-0.15, -0.1) is 0 Å². The second-order valence-electron chi connectivity index (χ2n) is 6.03. The highest BCUT2D eigenvalue weighted by molar-refractivity contribution is 5.30. The zero-order valence-electron chi connectivity index (χ0n) is 13.4. The molecular weight excluding hydrogens is 316 g/mol. The third-order valence-corrected chi connectivity index (χ3v) is 4.26. The summed E-state index contributed by atoms with van der Waals surface area (Å²) in [6.07, 6.45) is 2.03. The van der Waals surface area contributed by atoms with Crippen molar-refractivity contribution in [3.8, 4) is 0 Å². The van der Waals surface area contributed by atoms with E-state index in [-0.39, 0.29) is 0 Å². The Morgan fingerprint density at radius 3 is 2.67 bits per heavy atom. The number of alkyl halides is 2. The summed E-state index contributed by atoms with van der Waals surface area (Å²) >= 11 is 0. The molecule has 1 aliphatic rings. The Kier molecular flexibility index (Phi) is 4.82. The van der Waals surface area contributed by atoms with E-state index < -0.39 is 17.7 Å². The van der Waals surface area contributed by atoms with Crippen LogP contribution in [0, 0.1) is 12.8 Å². The molecule has 3 heterocycles. The molecule has 8 heteroatoms. The lowest BCUT2D eigenvalue weighted by molar-refractivity contribution is 0.145. The maximum absolute atomic E-state index is 12.5. The number of aryl methyl sites for hydroxylation is 1. The average Bonchev–Trinajstić information content (AvgIpc) is 2.57. The van der Waals surface area contributed by atoms with Crippen molar-refractivity contribution in [2.24, 2.45) is 5.92 Å². The van der Waals surface area contributed by atoms with Gasteiger partial charge >= 0.3 is 0 Å². The molecular formula is C16H19F2N5O. The smallest absolute Gasteiger partial charge is 0.280 e. The van der Waals surface area contributed by atoms with Crippen LogP contribution in [0.15, 0.2) is 29.5 Å². The summed E-state index contributed by atoms with van der Waals surface area (Å²) in [5.41, 5.74) is 0.0336. The van der Waals surface area contributed by atoms with Crippen molar-refractivity contribution in [3.05, 3.63) is 46.4 Å². The second-order valence-corrected chi connectivity index (χ2v) is 6.03. The van der Waals surface area contributed by atoms with Crippen LogP contribution in [0.5, 0.6) is 0 Å². The summed E-state index contributed by atoms with van der Waals surface area (Å²) in [7, 11) is 0. The first-order chi connectivity index (χ1) is 11.5. The molecule has 0 atom stereocenters. The van der Waals surface area contributed by atoms with Gasteiger partial charge in [0.1, 0.15) is 5.69 Å². The van der Waals surface area contributed by atoms with E-state index in [1.54, 1.807) is 6.20 Å². The fourth-order valence-electron chi connectivity index (χ4n) is 2.88. The van der Waals surface area contributed by atoms with Crippen LogP contribution in [-0.4, -0.2) is 32.6 Å². The fourth-order valence-corrected chi connectivity index (χ4v) is 2.88. The second kappa shape index (κ2) is 7.02. The summed E-state index contributed by atoms with van der Waals surface area (Å²) in [5.74, 6) is 1.04. The lowest BCUT2D eigenvalue weighted by atomic mass is 9.97. The molecule has 1 aliphatic heterocycles. The number of nitrogens with zero attached hydrogens (tertiary/aromatic N) is 5. The first-order valence-corrected chi connectivity index (χ1v) is 7.92. The third-order valence-electron chi connectivity index (χ3n) is 4.26. The molecule has 0 unspecified atom stereocenters. The van der Waals surface area contributed by atoms with E-state index in [2.05, 4.69) is 19.9 Å². The van der Waals surface area contributed by atoms with Crippen LogP contribution in [0.2, 0.25) is 0 Å². The molecule has 1 fully saturated rings. The molecule has 0 N–H and O–H groups in total. The van der Waals surface area contributed by atoms with Crippen molar-refractivity contribution >= 4 is 5.95 Å². The summed E-state index contributed by atoms with van der Waals surface area (Å²) in [4.78, 5) is 26.4. The summed E-state index contributed by atoms with van der Waals surface area (Å²) in [6.45, 7) is 4.05. The maximum Gasteiger partial charge on any atom is 0.280 e. The highest BCUT2D eigenvalue weighted by Gasteiger charge is 2.22. The minimum absolute atomic E-state index is 0.308. The van der Waals surface area contributed by atoms with Crippen LogP contribution < -0.4 is 10.5 Å². The molecule has 1 saturated heterocycles. The molecule has 0 amide bonds. The van der Waals surface area contributed by atoms with E-state index in [4.69, 9.17) is 0 Å². The van der Waals surface area contributed by atoms with Gasteiger partial charge in [-0.25, -0.2) is 23.7 Å². The maximum atomic E-state index is 12.5. The lowest BCUT2D eigenvalue weighted by Crippen LogP contribution is -2.37. The van der Waals surface area contributed by atoms with E-state index in [0.29, 0.717) is 12.5 Å². The van der Waals surface area contributed by atoms with Gasteiger partial charge in [-0.05, 0) is 31.7 Å². The molecule has 2 aromatic heterocycles. The SMILES string of the molecule is Cc1ccnc(N2CCC(Cn3cnc(C(F)F)cc3=O)CC2)n1. The van der Waals surface area contributed by atoms with Gasteiger partial charge in [0.2, 0.25) is 5.95 Å². The van der Waals surface area contributed by atoms with E-state index in [9.17, 15) is 13.6 Å². The Labute approximate surface area is 138 Å². The van der Waals surface area contributed by atoms with E-state index >= 15 is 0 Å². The van der Waals surface area contributed by atoms with Crippen LogP contribution in [0.25, 0.3) is 0 Å². The number of halogens is 2. The van der Waals surface area contributed by atoms with Gasteiger partial charge in [0, 0.05) is 37.6 Å². The Morgan fingerprint density at radius 2 is 2.04 bits per heavy atom. The predicted molar refractivity (Wildman–Crippen MR) is 85.2 cm³/mol.